The Morgan fingerprint density at radius 1 is 0.625 bits per heavy atom. The van der Waals surface area contributed by atoms with Crippen LogP contribution in [-0.2, 0) is 41.8 Å². The number of esters is 2. The minimum atomic E-state index is -0.849. The summed E-state index contributed by atoms with van der Waals surface area (Å²) in [5, 5.41) is 20.3. The second kappa shape index (κ2) is 20.2. The highest BCUT2D eigenvalue weighted by atomic mass is 16.5. The molecule has 0 bridgehead atoms. The summed E-state index contributed by atoms with van der Waals surface area (Å²) in [6.45, 7) is 12.8. The molecule has 0 amide bonds. The standard InChI is InChI=1S/2C16H24O4/c2*1-4-20-16(18)15(12(2)3)14(17)11-19-10-13-8-6-5-7-9-13/h2*5-9,12,14-15,17H,4,10-11H2,1-3H3. The number of aliphatic hydroxyl groups is 2. The highest BCUT2D eigenvalue weighted by molar-refractivity contribution is 5.73. The van der Waals surface area contributed by atoms with Crippen molar-refractivity contribution in [1.29, 1.82) is 0 Å². The number of aliphatic hydroxyl groups excluding tert-OH is 2. The summed E-state index contributed by atoms with van der Waals surface area (Å²) in [6.07, 6.45) is -1.70. The SMILES string of the molecule is CCOC(=O)C(C(C)C)C(O)COCc1ccccc1.CCOC(=O)C(C(C)C)C(O)COCc1ccccc1. The molecule has 224 valence electrons. The van der Waals surface area contributed by atoms with Crippen LogP contribution in [0.1, 0.15) is 52.7 Å². The van der Waals surface area contributed by atoms with E-state index in [-0.39, 0.29) is 37.0 Å². The largest absolute Gasteiger partial charge is 0.466 e. The van der Waals surface area contributed by atoms with Gasteiger partial charge in [0.25, 0.3) is 0 Å². The fraction of sp³-hybridized carbons (Fsp3) is 0.562. The van der Waals surface area contributed by atoms with E-state index in [1.54, 1.807) is 13.8 Å². The molecular formula is C32H48O8. The van der Waals surface area contributed by atoms with E-state index in [9.17, 15) is 19.8 Å². The van der Waals surface area contributed by atoms with Gasteiger partial charge in [-0.1, -0.05) is 88.4 Å². The lowest BCUT2D eigenvalue weighted by atomic mass is 9.90. The third-order valence-corrected chi connectivity index (χ3v) is 6.18. The molecule has 40 heavy (non-hydrogen) atoms. The molecule has 2 aromatic carbocycles. The number of benzene rings is 2. The first kappa shape index (κ1) is 35.2. The first-order chi connectivity index (χ1) is 19.1. The van der Waals surface area contributed by atoms with Crippen molar-refractivity contribution >= 4 is 11.9 Å². The summed E-state index contributed by atoms with van der Waals surface area (Å²) in [5.41, 5.74) is 2.08. The van der Waals surface area contributed by atoms with Gasteiger partial charge in [0.1, 0.15) is 0 Å². The van der Waals surface area contributed by atoms with Crippen molar-refractivity contribution in [3.8, 4) is 0 Å². The molecule has 2 rings (SSSR count). The van der Waals surface area contributed by atoms with Gasteiger partial charge < -0.3 is 29.2 Å². The van der Waals surface area contributed by atoms with E-state index in [2.05, 4.69) is 0 Å². The first-order valence-electron chi connectivity index (χ1n) is 14.0. The van der Waals surface area contributed by atoms with Crippen molar-refractivity contribution in [3.63, 3.8) is 0 Å². The van der Waals surface area contributed by atoms with Crippen LogP contribution in [-0.4, -0.2) is 60.8 Å². The lowest BCUT2D eigenvalue weighted by Gasteiger charge is -2.24. The molecule has 0 radical (unpaired) electrons. The molecule has 8 nitrogen and oxygen atoms in total. The molecule has 0 fully saturated rings. The van der Waals surface area contributed by atoms with Crippen LogP contribution >= 0.6 is 0 Å². The van der Waals surface area contributed by atoms with E-state index in [1.807, 2.05) is 88.4 Å². The van der Waals surface area contributed by atoms with E-state index in [0.29, 0.717) is 26.4 Å². The molecule has 4 unspecified atom stereocenters. The zero-order valence-electron chi connectivity index (χ0n) is 24.8. The van der Waals surface area contributed by atoms with Gasteiger partial charge in [0.2, 0.25) is 0 Å². The Balaban J connectivity index is 0.000000400. The molecule has 4 atom stereocenters. The Morgan fingerprint density at radius 3 is 1.23 bits per heavy atom. The van der Waals surface area contributed by atoms with Gasteiger partial charge >= 0.3 is 11.9 Å². The maximum atomic E-state index is 11.8. The van der Waals surface area contributed by atoms with Gasteiger partial charge in [0.15, 0.2) is 0 Å². The van der Waals surface area contributed by atoms with Gasteiger partial charge in [-0.3, -0.25) is 9.59 Å². The summed E-state index contributed by atoms with van der Waals surface area (Å²) < 4.78 is 21.0. The van der Waals surface area contributed by atoms with Crippen LogP contribution in [0.3, 0.4) is 0 Å². The van der Waals surface area contributed by atoms with Crippen molar-refractivity contribution < 1.29 is 38.7 Å². The predicted octanol–water partition coefficient (Wildman–Crippen LogP) is 4.80. The highest BCUT2D eigenvalue weighted by Gasteiger charge is 2.32. The lowest BCUT2D eigenvalue weighted by Crippen LogP contribution is -2.37. The van der Waals surface area contributed by atoms with Crippen LogP contribution in [0.15, 0.2) is 60.7 Å². The molecule has 0 aliphatic heterocycles. The number of ether oxygens (including phenoxy) is 4. The van der Waals surface area contributed by atoms with Crippen molar-refractivity contribution in [3.05, 3.63) is 71.8 Å². The second-order valence-electron chi connectivity index (χ2n) is 10.2. The topological polar surface area (TPSA) is 112 Å². The summed E-state index contributed by atoms with van der Waals surface area (Å²) in [5.74, 6) is -1.82. The van der Waals surface area contributed by atoms with E-state index in [4.69, 9.17) is 18.9 Å². The third-order valence-electron chi connectivity index (χ3n) is 6.18. The third kappa shape index (κ3) is 13.5. The maximum Gasteiger partial charge on any atom is 0.311 e. The zero-order valence-corrected chi connectivity index (χ0v) is 24.8. The Morgan fingerprint density at radius 2 is 0.950 bits per heavy atom. The van der Waals surface area contributed by atoms with E-state index in [0.717, 1.165) is 11.1 Å². The molecule has 0 aromatic heterocycles. The molecule has 0 aliphatic rings. The van der Waals surface area contributed by atoms with Crippen LogP contribution in [0.4, 0.5) is 0 Å². The number of carbonyl (C=O) groups excluding carboxylic acids is 2. The average molecular weight is 561 g/mol. The van der Waals surface area contributed by atoms with Crippen LogP contribution in [0.2, 0.25) is 0 Å². The molecule has 0 aliphatic carbocycles. The van der Waals surface area contributed by atoms with Gasteiger partial charge in [0.05, 0.1) is 63.7 Å². The molecule has 2 N–H and O–H groups in total. The molecule has 2 aromatic rings. The van der Waals surface area contributed by atoms with Crippen LogP contribution in [0.5, 0.6) is 0 Å². The maximum absolute atomic E-state index is 11.8. The first-order valence-corrected chi connectivity index (χ1v) is 14.0. The minimum Gasteiger partial charge on any atom is -0.466 e. The number of carbonyl (C=O) groups is 2. The Bertz CT molecular complexity index is 855. The van der Waals surface area contributed by atoms with E-state index >= 15 is 0 Å². The van der Waals surface area contributed by atoms with Crippen molar-refractivity contribution in [2.24, 2.45) is 23.7 Å². The number of hydrogen-bond donors (Lipinski definition) is 2. The van der Waals surface area contributed by atoms with Gasteiger partial charge in [-0.25, -0.2) is 0 Å². The minimum absolute atomic E-state index is 0.00405. The normalized spacial score (nSPS) is 14.1. The van der Waals surface area contributed by atoms with Crippen molar-refractivity contribution in [1.82, 2.24) is 0 Å². The second-order valence-corrected chi connectivity index (χ2v) is 10.2. The Labute approximate surface area is 239 Å². The monoisotopic (exact) mass is 560 g/mol. The summed E-state index contributed by atoms with van der Waals surface area (Å²) in [6, 6.07) is 19.4. The van der Waals surface area contributed by atoms with Crippen molar-refractivity contribution in [2.45, 2.75) is 67.0 Å². The fourth-order valence-corrected chi connectivity index (χ4v) is 4.17. The molecule has 0 heterocycles. The molecule has 0 saturated carbocycles. The molecule has 0 saturated heterocycles. The Hall–Kier alpha value is -2.78. The quantitative estimate of drug-likeness (QED) is 0.282. The zero-order chi connectivity index (χ0) is 29.9. The predicted molar refractivity (Wildman–Crippen MR) is 154 cm³/mol. The van der Waals surface area contributed by atoms with Gasteiger partial charge in [-0.2, -0.15) is 0 Å². The highest BCUT2D eigenvalue weighted by Crippen LogP contribution is 2.19. The van der Waals surface area contributed by atoms with Gasteiger partial charge in [-0.05, 0) is 36.8 Å². The molecular weight excluding hydrogens is 512 g/mol. The van der Waals surface area contributed by atoms with Gasteiger partial charge in [-0.15, -0.1) is 0 Å². The number of rotatable bonds is 16. The van der Waals surface area contributed by atoms with Gasteiger partial charge in [0, 0.05) is 0 Å². The van der Waals surface area contributed by atoms with E-state index in [1.165, 1.54) is 0 Å². The lowest BCUT2D eigenvalue weighted by molar-refractivity contribution is -0.157. The number of hydrogen-bond acceptors (Lipinski definition) is 8. The van der Waals surface area contributed by atoms with Crippen LogP contribution < -0.4 is 0 Å². The molecule has 8 heteroatoms. The molecule has 0 spiro atoms. The summed E-state index contributed by atoms with van der Waals surface area (Å²) in [7, 11) is 0. The van der Waals surface area contributed by atoms with Crippen LogP contribution in [0, 0.1) is 23.7 Å². The average Bonchev–Trinajstić information content (AvgIpc) is 2.90. The Kier molecular flexibility index (Phi) is 17.8. The fourth-order valence-electron chi connectivity index (χ4n) is 4.17. The van der Waals surface area contributed by atoms with Crippen LogP contribution in [0.25, 0.3) is 0 Å². The van der Waals surface area contributed by atoms with E-state index < -0.39 is 24.0 Å². The summed E-state index contributed by atoms with van der Waals surface area (Å²) in [4.78, 5) is 23.6. The summed E-state index contributed by atoms with van der Waals surface area (Å²) >= 11 is 0. The van der Waals surface area contributed by atoms with Crippen molar-refractivity contribution in [2.75, 3.05) is 26.4 Å². The smallest absolute Gasteiger partial charge is 0.311 e.